The Morgan fingerprint density at radius 1 is 1.56 bits per heavy atom. The molecule has 2 rings (SSSR count). The van der Waals surface area contributed by atoms with Crippen molar-refractivity contribution in [3.8, 4) is 0 Å². The van der Waals surface area contributed by atoms with Gasteiger partial charge in [0, 0.05) is 17.9 Å². The Balaban J connectivity index is 2.02. The molecule has 1 amide bonds. The molecule has 2 N–H and O–H groups in total. The van der Waals surface area contributed by atoms with Crippen LogP contribution >= 0.6 is 11.3 Å². The van der Waals surface area contributed by atoms with Crippen LogP contribution in [-0.2, 0) is 9.53 Å². The van der Waals surface area contributed by atoms with Crippen molar-refractivity contribution in [2.24, 2.45) is 5.92 Å². The van der Waals surface area contributed by atoms with Crippen molar-refractivity contribution in [1.82, 2.24) is 5.32 Å². The lowest BCUT2D eigenvalue weighted by Crippen LogP contribution is -2.48. The number of amides is 1. The number of carboxylic acids is 1. The second-order valence-electron chi connectivity index (χ2n) is 4.28. The summed E-state index contributed by atoms with van der Waals surface area (Å²) >= 11 is 1.41. The molecule has 2 atom stereocenters. The topological polar surface area (TPSA) is 75.6 Å². The van der Waals surface area contributed by atoms with Crippen molar-refractivity contribution in [2.45, 2.75) is 18.9 Å². The first-order valence-corrected chi connectivity index (χ1v) is 6.76. The SMILES string of the molecule is O=C(NC(C(=O)O)C1CCCOC1)c1ccsc1. The van der Waals surface area contributed by atoms with E-state index in [1.165, 1.54) is 11.3 Å². The maximum atomic E-state index is 11.9. The Hall–Kier alpha value is -1.40. The normalized spacial score (nSPS) is 21.2. The van der Waals surface area contributed by atoms with Gasteiger partial charge in [-0.3, -0.25) is 4.79 Å². The Bertz CT molecular complexity index is 412. The van der Waals surface area contributed by atoms with Crippen molar-refractivity contribution in [3.05, 3.63) is 22.4 Å². The minimum absolute atomic E-state index is 0.154. The zero-order chi connectivity index (χ0) is 13.0. The van der Waals surface area contributed by atoms with Gasteiger partial charge in [0.15, 0.2) is 0 Å². The number of carbonyl (C=O) groups excluding carboxylic acids is 1. The van der Waals surface area contributed by atoms with Crippen LogP contribution in [0.15, 0.2) is 16.8 Å². The van der Waals surface area contributed by atoms with Gasteiger partial charge in [-0.1, -0.05) is 0 Å². The molecule has 1 saturated heterocycles. The monoisotopic (exact) mass is 269 g/mol. The van der Waals surface area contributed by atoms with Gasteiger partial charge in [0.05, 0.1) is 12.2 Å². The van der Waals surface area contributed by atoms with Gasteiger partial charge < -0.3 is 15.2 Å². The number of aliphatic carboxylic acids is 1. The van der Waals surface area contributed by atoms with E-state index in [0.717, 1.165) is 12.8 Å². The first-order chi connectivity index (χ1) is 8.68. The largest absolute Gasteiger partial charge is 0.480 e. The third-order valence-corrected chi connectivity index (χ3v) is 3.69. The number of thiophene rings is 1. The number of rotatable bonds is 4. The lowest BCUT2D eigenvalue weighted by Gasteiger charge is -2.27. The highest BCUT2D eigenvalue weighted by Gasteiger charge is 2.31. The minimum Gasteiger partial charge on any atom is -0.480 e. The molecule has 5 nitrogen and oxygen atoms in total. The molecule has 1 aliphatic heterocycles. The van der Waals surface area contributed by atoms with E-state index in [9.17, 15) is 14.7 Å². The van der Waals surface area contributed by atoms with Gasteiger partial charge >= 0.3 is 5.97 Å². The summed E-state index contributed by atoms with van der Waals surface area (Å²) in [7, 11) is 0. The van der Waals surface area contributed by atoms with Gasteiger partial charge in [-0.15, -0.1) is 0 Å². The van der Waals surface area contributed by atoms with Crippen LogP contribution in [0.3, 0.4) is 0 Å². The van der Waals surface area contributed by atoms with Crippen LogP contribution in [0.4, 0.5) is 0 Å². The summed E-state index contributed by atoms with van der Waals surface area (Å²) in [6, 6.07) is 0.800. The highest BCUT2D eigenvalue weighted by atomic mass is 32.1. The maximum absolute atomic E-state index is 11.9. The Kier molecular flexibility index (Phi) is 4.33. The predicted molar refractivity (Wildman–Crippen MR) is 66.8 cm³/mol. The van der Waals surface area contributed by atoms with E-state index < -0.39 is 12.0 Å². The molecule has 18 heavy (non-hydrogen) atoms. The summed E-state index contributed by atoms with van der Waals surface area (Å²) in [6.45, 7) is 1.06. The van der Waals surface area contributed by atoms with Gasteiger partial charge in [-0.25, -0.2) is 4.79 Å². The Labute approximate surface area is 109 Å². The highest BCUT2D eigenvalue weighted by Crippen LogP contribution is 2.18. The summed E-state index contributed by atoms with van der Waals surface area (Å²) < 4.78 is 5.27. The van der Waals surface area contributed by atoms with Crippen LogP contribution in [0, 0.1) is 5.92 Å². The second kappa shape index (κ2) is 5.97. The summed E-state index contributed by atoms with van der Waals surface area (Å²) in [5.41, 5.74) is 0.503. The van der Waals surface area contributed by atoms with Crippen molar-refractivity contribution >= 4 is 23.2 Å². The number of carbonyl (C=O) groups is 2. The van der Waals surface area contributed by atoms with E-state index in [-0.39, 0.29) is 11.8 Å². The van der Waals surface area contributed by atoms with E-state index in [0.29, 0.717) is 18.8 Å². The lowest BCUT2D eigenvalue weighted by atomic mass is 9.93. The van der Waals surface area contributed by atoms with Crippen LogP contribution < -0.4 is 5.32 Å². The molecule has 0 bridgehead atoms. The fourth-order valence-electron chi connectivity index (χ4n) is 2.03. The molecule has 0 aliphatic carbocycles. The average Bonchev–Trinajstić information content (AvgIpc) is 2.90. The molecule has 0 aromatic carbocycles. The molecule has 2 heterocycles. The van der Waals surface area contributed by atoms with Gasteiger partial charge in [-0.2, -0.15) is 11.3 Å². The summed E-state index contributed by atoms with van der Waals surface area (Å²) in [6.07, 6.45) is 1.60. The molecular formula is C12H15NO4S. The van der Waals surface area contributed by atoms with E-state index in [2.05, 4.69) is 5.32 Å². The van der Waals surface area contributed by atoms with Crippen LogP contribution in [0.25, 0.3) is 0 Å². The Morgan fingerprint density at radius 3 is 2.94 bits per heavy atom. The van der Waals surface area contributed by atoms with Crippen molar-refractivity contribution in [3.63, 3.8) is 0 Å². The maximum Gasteiger partial charge on any atom is 0.326 e. The van der Waals surface area contributed by atoms with Crippen LogP contribution in [0.2, 0.25) is 0 Å². The molecule has 1 aromatic rings. The standard InChI is InChI=1S/C12H15NO4S/c14-11(9-3-5-18-7-9)13-10(12(15)16)8-2-1-4-17-6-8/h3,5,7-8,10H,1-2,4,6H2,(H,13,14)(H,15,16). The van der Waals surface area contributed by atoms with E-state index >= 15 is 0 Å². The second-order valence-corrected chi connectivity index (χ2v) is 5.06. The smallest absolute Gasteiger partial charge is 0.326 e. The molecule has 1 aliphatic rings. The number of nitrogens with one attached hydrogen (secondary N) is 1. The third kappa shape index (κ3) is 3.08. The third-order valence-electron chi connectivity index (χ3n) is 3.00. The summed E-state index contributed by atoms with van der Waals surface area (Å²) in [5.74, 6) is -1.50. The molecule has 6 heteroatoms. The highest BCUT2D eigenvalue weighted by molar-refractivity contribution is 7.08. The van der Waals surface area contributed by atoms with E-state index in [4.69, 9.17) is 4.74 Å². The molecule has 0 spiro atoms. The minimum atomic E-state index is -1.01. The van der Waals surface area contributed by atoms with Crippen molar-refractivity contribution in [2.75, 3.05) is 13.2 Å². The average molecular weight is 269 g/mol. The van der Waals surface area contributed by atoms with Gasteiger partial charge in [0.2, 0.25) is 0 Å². The van der Waals surface area contributed by atoms with Crippen LogP contribution in [0.1, 0.15) is 23.2 Å². The molecular weight excluding hydrogens is 254 g/mol. The predicted octanol–water partition coefficient (Wildman–Crippen LogP) is 1.36. The molecule has 1 fully saturated rings. The first-order valence-electron chi connectivity index (χ1n) is 5.82. The van der Waals surface area contributed by atoms with E-state index in [1.807, 2.05) is 0 Å². The van der Waals surface area contributed by atoms with Crippen LogP contribution in [0.5, 0.6) is 0 Å². The molecule has 1 aromatic heterocycles. The van der Waals surface area contributed by atoms with Gasteiger partial charge in [-0.05, 0) is 24.3 Å². The number of hydrogen-bond donors (Lipinski definition) is 2. The fourth-order valence-corrected chi connectivity index (χ4v) is 2.66. The van der Waals surface area contributed by atoms with Gasteiger partial charge in [0.1, 0.15) is 6.04 Å². The number of carboxylic acid groups (broad SMARTS) is 1. The van der Waals surface area contributed by atoms with Crippen molar-refractivity contribution < 1.29 is 19.4 Å². The van der Waals surface area contributed by atoms with Gasteiger partial charge in [0.25, 0.3) is 5.91 Å². The summed E-state index contributed by atoms with van der Waals surface area (Å²) in [4.78, 5) is 23.1. The number of hydrogen-bond acceptors (Lipinski definition) is 4. The number of ether oxygens (including phenoxy) is 1. The quantitative estimate of drug-likeness (QED) is 0.865. The van der Waals surface area contributed by atoms with Crippen molar-refractivity contribution in [1.29, 1.82) is 0 Å². The first kappa shape index (κ1) is 13.0. The fraction of sp³-hybridized carbons (Fsp3) is 0.500. The molecule has 98 valence electrons. The zero-order valence-corrected chi connectivity index (χ0v) is 10.6. The van der Waals surface area contributed by atoms with Crippen LogP contribution in [-0.4, -0.2) is 36.2 Å². The zero-order valence-electron chi connectivity index (χ0n) is 9.80. The lowest BCUT2D eigenvalue weighted by molar-refractivity contribution is -0.142. The molecule has 2 unspecified atom stereocenters. The van der Waals surface area contributed by atoms with E-state index in [1.54, 1.807) is 16.8 Å². The molecule has 0 radical (unpaired) electrons. The molecule has 0 saturated carbocycles. The Morgan fingerprint density at radius 2 is 2.39 bits per heavy atom. The summed E-state index contributed by atoms with van der Waals surface area (Å²) in [5, 5.41) is 15.3.